The van der Waals surface area contributed by atoms with Crippen molar-refractivity contribution >= 4 is 0 Å². The molecule has 1 aliphatic rings. The molecule has 0 amide bonds. The van der Waals surface area contributed by atoms with Crippen LogP contribution in [0.25, 0.3) is 0 Å². The van der Waals surface area contributed by atoms with Gasteiger partial charge in [-0.3, -0.25) is 0 Å². The monoisotopic (exact) mass is 191 g/mol. The number of rotatable bonds is 2. The lowest BCUT2D eigenvalue weighted by atomic mass is 10.0. The highest BCUT2D eigenvalue weighted by Gasteiger charge is 2.18. The van der Waals surface area contributed by atoms with Crippen LogP contribution in [0.5, 0.6) is 5.88 Å². The zero-order valence-corrected chi connectivity index (χ0v) is 8.92. The van der Waals surface area contributed by atoms with Gasteiger partial charge in [-0.2, -0.15) is 0 Å². The summed E-state index contributed by atoms with van der Waals surface area (Å²) in [5.41, 5.74) is 2.33. The third kappa shape index (κ3) is 1.74. The maximum atomic E-state index is 5.23. The molecule has 1 saturated carbocycles. The fourth-order valence-corrected chi connectivity index (χ4v) is 2.18. The van der Waals surface area contributed by atoms with Crippen molar-refractivity contribution < 1.29 is 4.74 Å². The average molecular weight is 191 g/mol. The van der Waals surface area contributed by atoms with Crippen LogP contribution in [-0.4, -0.2) is 12.1 Å². The molecule has 2 heteroatoms. The molecule has 0 unspecified atom stereocenters. The second kappa shape index (κ2) is 3.99. The largest absolute Gasteiger partial charge is 0.481 e. The molecule has 1 fully saturated rings. The van der Waals surface area contributed by atoms with Crippen molar-refractivity contribution in [3.05, 3.63) is 23.4 Å². The summed E-state index contributed by atoms with van der Waals surface area (Å²) in [5, 5.41) is 0. The van der Waals surface area contributed by atoms with Gasteiger partial charge in [0.15, 0.2) is 0 Å². The highest BCUT2D eigenvalue weighted by atomic mass is 16.5. The van der Waals surface area contributed by atoms with E-state index in [0.717, 1.165) is 11.4 Å². The van der Waals surface area contributed by atoms with Gasteiger partial charge in [0.25, 0.3) is 0 Å². The molecule has 2 rings (SSSR count). The van der Waals surface area contributed by atoms with Gasteiger partial charge in [-0.25, -0.2) is 4.98 Å². The molecule has 1 heterocycles. The molecule has 2 nitrogen and oxygen atoms in total. The Labute approximate surface area is 85.3 Å². The Balaban J connectivity index is 2.25. The van der Waals surface area contributed by atoms with Crippen molar-refractivity contribution in [2.45, 2.75) is 38.5 Å². The summed E-state index contributed by atoms with van der Waals surface area (Å²) in [5.74, 6) is 1.46. The van der Waals surface area contributed by atoms with Crippen LogP contribution in [-0.2, 0) is 0 Å². The van der Waals surface area contributed by atoms with Crippen molar-refractivity contribution in [2.24, 2.45) is 0 Å². The molecule has 0 spiro atoms. The van der Waals surface area contributed by atoms with Crippen LogP contribution in [0.15, 0.2) is 12.1 Å². The van der Waals surface area contributed by atoms with E-state index in [9.17, 15) is 0 Å². The minimum atomic E-state index is 0.671. The van der Waals surface area contributed by atoms with Crippen LogP contribution in [0.1, 0.15) is 42.9 Å². The zero-order valence-electron chi connectivity index (χ0n) is 8.92. The topological polar surface area (TPSA) is 22.1 Å². The lowest BCUT2D eigenvalue weighted by molar-refractivity contribution is 0.391. The number of nitrogens with zero attached hydrogens (tertiary/aromatic N) is 1. The highest BCUT2D eigenvalue weighted by Crippen LogP contribution is 2.34. The summed E-state index contributed by atoms with van der Waals surface area (Å²) in [7, 11) is 1.69. The summed E-state index contributed by atoms with van der Waals surface area (Å²) in [6.45, 7) is 2.03. The van der Waals surface area contributed by atoms with E-state index in [-0.39, 0.29) is 0 Å². The van der Waals surface area contributed by atoms with Crippen LogP contribution in [0.2, 0.25) is 0 Å². The van der Waals surface area contributed by atoms with Crippen molar-refractivity contribution in [1.29, 1.82) is 0 Å². The predicted molar refractivity (Wildman–Crippen MR) is 56.7 cm³/mol. The molecule has 0 atom stereocenters. The number of aryl methyl sites for hydroxylation is 1. The van der Waals surface area contributed by atoms with Crippen LogP contribution in [0.4, 0.5) is 0 Å². The lowest BCUT2D eigenvalue weighted by Crippen LogP contribution is -1.99. The van der Waals surface area contributed by atoms with Gasteiger partial charge in [-0.05, 0) is 25.8 Å². The molecule has 0 N–H and O–H groups in total. The average Bonchev–Trinajstić information content (AvgIpc) is 2.71. The summed E-state index contributed by atoms with van der Waals surface area (Å²) < 4.78 is 5.23. The summed E-state index contributed by atoms with van der Waals surface area (Å²) in [6, 6.07) is 4.26. The number of hydrogen-bond acceptors (Lipinski definition) is 2. The third-order valence-corrected chi connectivity index (χ3v) is 3.04. The number of hydrogen-bond donors (Lipinski definition) is 0. The van der Waals surface area contributed by atoms with E-state index in [1.54, 1.807) is 7.11 Å². The van der Waals surface area contributed by atoms with E-state index in [0.29, 0.717) is 5.92 Å². The second-order valence-electron chi connectivity index (χ2n) is 4.04. The zero-order chi connectivity index (χ0) is 9.97. The quantitative estimate of drug-likeness (QED) is 0.716. The van der Waals surface area contributed by atoms with Crippen molar-refractivity contribution in [3.8, 4) is 5.88 Å². The van der Waals surface area contributed by atoms with E-state index < -0.39 is 0 Å². The van der Waals surface area contributed by atoms with E-state index >= 15 is 0 Å². The first-order valence-electron chi connectivity index (χ1n) is 5.33. The molecule has 76 valence electrons. The predicted octanol–water partition coefficient (Wildman–Crippen LogP) is 3.06. The van der Waals surface area contributed by atoms with Gasteiger partial charge < -0.3 is 4.74 Å². The van der Waals surface area contributed by atoms with Gasteiger partial charge >= 0.3 is 0 Å². The van der Waals surface area contributed by atoms with Crippen molar-refractivity contribution in [3.63, 3.8) is 0 Å². The first-order chi connectivity index (χ1) is 6.81. The molecular weight excluding hydrogens is 174 g/mol. The highest BCUT2D eigenvalue weighted by molar-refractivity contribution is 5.28. The molecule has 1 aromatic rings. The van der Waals surface area contributed by atoms with Gasteiger partial charge in [0.2, 0.25) is 5.88 Å². The molecule has 0 radical (unpaired) electrons. The minimum Gasteiger partial charge on any atom is -0.481 e. The van der Waals surface area contributed by atoms with Crippen molar-refractivity contribution in [2.75, 3.05) is 7.11 Å². The molecule has 0 bridgehead atoms. The van der Waals surface area contributed by atoms with E-state index in [1.807, 2.05) is 6.92 Å². The standard InChI is InChI=1S/C12H17NO/c1-9-7-8-11(13-12(9)14-2)10-5-3-4-6-10/h7-8,10H,3-6H2,1-2H3. The first-order valence-corrected chi connectivity index (χ1v) is 5.33. The Kier molecular flexibility index (Phi) is 2.71. The Morgan fingerprint density at radius 3 is 2.64 bits per heavy atom. The third-order valence-electron chi connectivity index (χ3n) is 3.04. The molecule has 0 aromatic carbocycles. The van der Waals surface area contributed by atoms with Crippen LogP contribution < -0.4 is 4.74 Å². The molecule has 0 saturated heterocycles. The molecule has 14 heavy (non-hydrogen) atoms. The number of ether oxygens (including phenoxy) is 1. The Bertz CT molecular complexity index is 316. The van der Waals surface area contributed by atoms with E-state index in [4.69, 9.17) is 4.74 Å². The fourth-order valence-electron chi connectivity index (χ4n) is 2.18. The second-order valence-corrected chi connectivity index (χ2v) is 4.04. The smallest absolute Gasteiger partial charge is 0.216 e. The number of aromatic nitrogens is 1. The summed E-state index contributed by atoms with van der Waals surface area (Å²) in [4.78, 5) is 4.55. The Morgan fingerprint density at radius 1 is 1.29 bits per heavy atom. The Morgan fingerprint density at radius 2 is 2.00 bits per heavy atom. The lowest BCUT2D eigenvalue weighted by Gasteiger charge is -2.11. The maximum Gasteiger partial charge on any atom is 0.216 e. The fraction of sp³-hybridized carbons (Fsp3) is 0.583. The van der Waals surface area contributed by atoms with Crippen LogP contribution in [0, 0.1) is 6.92 Å². The molecule has 1 aromatic heterocycles. The van der Waals surface area contributed by atoms with E-state index in [1.165, 1.54) is 31.4 Å². The van der Waals surface area contributed by atoms with Gasteiger partial charge in [-0.15, -0.1) is 0 Å². The number of methoxy groups -OCH3 is 1. The van der Waals surface area contributed by atoms with Gasteiger partial charge in [0, 0.05) is 17.2 Å². The number of pyridine rings is 1. The van der Waals surface area contributed by atoms with Crippen molar-refractivity contribution in [1.82, 2.24) is 4.98 Å². The minimum absolute atomic E-state index is 0.671. The molecule has 1 aliphatic carbocycles. The van der Waals surface area contributed by atoms with Gasteiger partial charge in [0.1, 0.15) is 0 Å². The van der Waals surface area contributed by atoms with Crippen LogP contribution >= 0.6 is 0 Å². The summed E-state index contributed by atoms with van der Waals surface area (Å²) in [6.07, 6.45) is 5.28. The first kappa shape index (κ1) is 9.50. The molecular formula is C12H17NO. The summed E-state index contributed by atoms with van der Waals surface area (Å²) >= 11 is 0. The normalized spacial score (nSPS) is 17.3. The van der Waals surface area contributed by atoms with Crippen LogP contribution in [0.3, 0.4) is 0 Å². The Hall–Kier alpha value is -1.05. The maximum absolute atomic E-state index is 5.23. The van der Waals surface area contributed by atoms with E-state index in [2.05, 4.69) is 17.1 Å². The SMILES string of the molecule is COc1nc(C2CCCC2)ccc1C. The van der Waals surface area contributed by atoms with Gasteiger partial charge in [0.05, 0.1) is 7.11 Å². The molecule has 0 aliphatic heterocycles. The van der Waals surface area contributed by atoms with Gasteiger partial charge in [-0.1, -0.05) is 18.9 Å².